The number of aromatic amines is 1. The summed E-state index contributed by atoms with van der Waals surface area (Å²) in [6.45, 7) is 6.63. The highest BCUT2D eigenvalue weighted by Gasteiger charge is 2.17. The molecule has 0 aliphatic heterocycles. The van der Waals surface area contributed by atoms with E-state index in [1.165, 1.54) is 5.56 Å². The Labute approximate surface area is 178 Å². The van der Waals surface area contributed by atoms with E-state index in [0.29, 0.717) is 22.8 Å². The highest BCUT2D eigenvalue weighted by molar-refractivity contribution is 7.19. The van der Waals surface area contributed by atoms with E-state index in [-0.39, 0.29) is 11.6 Å². The number of fused-ring (bicyclic) bond motifs is 1. The molecule has 2 heterocycles. The molecule has 1 unspecified atom stereocenters. The van der Waals surface area contributed by atoms with Crippen molar-refractivity contribution in [2.75, 3.05) is 0 Å². The quantitative estimate of drug-likeness (QED) is 0.428. The molecule has 0 bridgehead atoms. The van der Waals surface area contributed by atoms with Crippen molar-refractivity contribution >= 4 is 33.2 Å². The molecule has 2 aromatic carbocycles. The third kappa shape index (κ3) is 4.13. The number of rotatable bonds is 5. The zero-order valence-electron chi connectivity index (χ0n) is 16.5. The molecular weight excluding hydrogens is 402 g/mol. The summed E-state index contributed by atoms with van der Waals surface area (Å²) >= 11 is 7.64. The second kappa shape index (κ2) is 8.11. The fourth-order valence-corrected chi connectivity index (χ4v) is 4.72. The molecule has 4 rings (SSSR count). The molecule has 0 radical (unpaired) electrons. The van der Waals surface area contributed by atoms with E-state index in [1.54, 1.807) is 11.3 Å². The first-order valence-corrected chi connectivity index (χ1v) is 10.7. The van der Waals surface area contributed by atoms with Crippen LogP contribution in [0.25, 0.3) is 21.3 Å². The van der Waals surface area contributed by atoms with Gasteiger partial charge in [-0.15, -0.1) is 11.3 Å². The van der Waals surface area contributed by atoms with Gasteiger partial charge in [-0.3, -0.25) is 4.79 Å². The van der Waals surface area contributed by atoms with Crippen LogP contribution >= 0.6 is 22.9 Å². The monoisotopic (exact) mass is 423 g/mol. The van der Waals surface area contributed by atoms with Crippen molar-refractivity contribution in [2.45, 2.75) is 33.4 Å². The Hall–Kier alpha value is -2.47. The van der Waals surface area contributed by atoms with Crippen LogP contribution < -0.4 is 10.9 Å². The fourth-order valence-electron chi connectivity index (χ4n) is 3.46. The molecule has 0 amide bonds. The molecule has 0 fully saturated rings. The Bertz CT molecular complexity index is 1230. The first-order valence-electron chi connectivity index (χ1n) is 9.50. The number of halogens is 1. The average Bonchev–Trinajstić information content (AvgIpc) is 3.03. The summed E-state index contributed by atoms with van der Waals surface area (Å²) in [6, 6.07) is 16.1. The van der Waals surface area contributed by atoms with E-state index < -0.39 is 0 Å². The minimum absolute atomic E-state index is 0.0860. The number of benzene rings is 2. The lowest BCUT2D eigenvalue weighted by atomic mass is 10.0. The van der Waals surface area contributed by atoms with E-state index >= 15 is 0 Å². The van der Waals surface area contributed by atoms with E-state index in [9.17, 15) is 4.79 Å². The third-order valence-electron chi connectivity index (χ3n) is 5.05. The maximum absolute atomic E-state index is 12.9. The van der Waals surface area contributed by atoms with Crippen LogP contribution in [0.3, 0.4) is 0 Å². The number of hydrogen-bond acceptors (Lipinski definition) is 4. The second-order valence-corrected chi connectivity index (χ2v) is 8.89. The molecule has 0 saturated carbocycles. The Morgan fingerprint density at radius 3 is 2.66 bits per heavy atom. The Morgan fingerprint density at radius 1 is 1.17 bits per heavy atom. The lowest BCUT2D eigenvalue weighted by molar-refractivity contribution is 0.560. The maximum atomic E-state index is 12.9. The van der Waals surface area contributed by atoms with Crippen molar-refractivity contribution in [3.63, 3.8) is 0 Å². The molecule has 148 valence electrons. The van der Waals surface area contributed by atoms with Gasteiger partial charge < -0.3 is 10.3 Å². The molecule has 0 aliphatic carbocycles. The number of nitrogens with one attached hydrogen (secondary N) is 2. The van der Waals surface area contributed by atoms with E-state index in [2.05, 4.69) is 48.4 Å². The summed E-state index contributed by atoms with van der Waals surface area (Å²) < 4.78 is 0. The molecule has 2 aromatic heterocycles. The molecule has 4 aromatic rings. The van der Waals surface area contributed by atoms with Gasteiger partial charge in [-0.2, -0.15) is 0 Å². The fraction of sp³-hybridized carbons (Fsp3) is 0.217. The first kappa shape index (κ1) is 19.8. The van der Waals surface area contributed by atoms with Gasteiger partial charge in [-0.1, -0.05) is 53.6 Å². The first-order chi connectivity index (χ1) is 13.9. The molecule has 0 aliphatic rings. The van der Waals surface area contributed by atoms with Gasteiger partial charge in [0.2, 0.25) is 0 Å². The Kier molecular flexibility index (Phi) is 5.54. The SMILES string of the molecule is Cc1ccc(-c2c(C)sc3nc(CNC(C)c4cccc(Cl)c4)[nH]c(=O)c23)cc1. The molecule has 6 heteroatoms. The predicted octanol–water partition coefficient (Wildman–Crippen LogP) is 5.77. The summed E-state index contributed by atoms with van der Waals surface area (Å²) in [7, 11) is 0. The zero-order valence-corrected chi connectivity index (χ0v) is 18.1. The predicted molar refractivity (Wildman–Crippen MR) is 122 cm³/mol. The Balaban J connectivity index is 1.63. The van der Waals surface area contributed by atoms with E-state index in [1.807, 2.05) is 31.2 Å². The van der Waals surface area contributed by atoms with Crippen LogP contribution in [-0.4, -0.2) is 9.97 Å². The summed E-state index contributed by atoms with van der Waals surface area (Å²) in [5, 5.41) is 4.79. The molecular formula is C23H22ClN3OS. The number of hydrogen-bond donors (Lipinski definition) is 2. The lowest BCUT2D eigenvalue weighted by Crippen LogP contribution is -2.22. The smallest absolute Gasteiger partial charge is 0.260 e. The van der Waals surface area contributed by atoms with Gasteiger partial charge in [0.25, 0.3) is 5.56 Å². The van der Waals surface area contributed by atoms with Gasteiger partial charge in [-0.05, 0) is 44.0 Å². The van der Waals surface area contributed by atoms with E-state index in [4.69, 9.17) is 16.6 Å². The molecule has 2 N–H and O–H groups in total. The molecule has 29 heavy (non-hydrogen) atoms. The number of aromatic nitrogens is 2. The molecule has 4 nitrogen and oxygen atoms in total. The van der Waals surface area contributed by atoms with Crippen molar-refractivity contribution in [1.29, 1.82) is 0 Å². The summed E-state index contributed by atoms with van der Waals surface area (Å²) in [5.41, 5.74) is 4.22. The summed E-state index contributed by atoms with van der Waals surface area (Å²) in [4.78, 5) is 22.4. The molecule has 0 spiro atoms. The maximum Gasteiger partial charge on any atom is 0.260 e. The van der Waals surface area contributed by atoms with Gasteiger partial charge >= 0.3 is 0 Å². The van der Waals surface area contributed by atoms with Crippen LogP contribution in [0.4, 0.5) is 0 Å². The number of H-pyrrole nitrogens is 1. The highest BCUT2D eigenvalue weighted by Crippen LogP contribution is 2.35. The largest absolute Gasteiger partial charge is 0.309 e. The van der Waals surface area contributed by atoms with Crippen LogP contribution in [0.15, 0.2) is 53.3 Å². The van der Waals surface area contributed by atoms with Crippen LogP contribution in [0, 0.1) is 13.8 Å². The Morgan fingerprint density at radius 2 is 1.93 bits per heavy atom. The number of thiophene rings is 1. The van der Waals surface area contributed by atoms with Gasteiger partial charge in [-0.25, -0.2) is 4.98 Å². The van der Waals surface area contributed by atoms with Gasteiger partial charge in [0.15, 0.2) is 0 Å². The van der Waals surface area contributed by atoms with Crippen LogP contribution in [-0.2, 0) is 6.54 Å². The van der Waals surface area contributed by atoms with Crippen LogP contribution in [0.1, 0.15) is 34.8 Å². The highest BCUT2D eigenvalue weighted by atomic mass is 35.5. The topological polar surface area (TPSA) is 57.8 Å². The van der Waals surface area contributed by atoms with Crippen molar-refractivity contribution in [1.82, 2.24) is 15.3 Å². The van der Waals surface area contributed by atoms with Crippen molar-refractivity contribution in [3.05, 3.63) is 85.7 Å². The van der Waals surface area contributed by atoms with Gasteiger partial charge in [0, 0.05) is 21.5 Å². The number of nitrogens with zero attached hydrogens (tertiary/aromatic N) is 1. The summed E-state index contributed by atoms with van der Waals surface area (Å²) in [6.07, 6.45) is 0. The second-order valence-electron chi connectivity index (χ2n) is 7.25. The summed E-state index contributed by atoms with van der Waals surface area (Å²) in [5.74, 6) is 0.632. The van der Waals surface area contributed by atoms with Crippen molar-refractivity contribution < 1.29 is 0 Å². The van der Waals surface area contributed by atoms with Gasteiger partial charge in [0.05, 0.1) is 11.9 Å². The third-order valence-corrected chi connectivity index (χ3v) is 6.29. The number of aryl methyl sites for hydroxylation is 2. The molecule has 0 saturated heterocycles. The van der Waals surface area contributed by atoms with Crippen molar-refractivity contribution in [3.8, 4) is 11.1 Å². The van der Waals surface area contributed by atoms with Gasteiger partial charge in [0.1, 0.15) is 10.7 Å². The van der Waals surface area contributed by atoms with Crippen LogP contribution in [0.5, 0.6) is 0 Å². The van der Waals surface area contributed by atoms with E-state index in [0.717, 1.165) is 26.4 Å². The molecule has 1 atom stereocenters. The minimum Gasteiger partial charge on any atom is -0.309 e. The minimum atomic E-state index is -0.0952. The normalized spacial score (nSPS) is 12.4. The lowest BCUT2D eigenvalue weighted by Gasteiger charge is -2.14. The van der Waals surface area contributed by atoms with Crippen LogP contribution in [0.2, 0.25) is 5.02 Å². The zero-order chi connectivity index (χ0) is 20.5. The van der Waals surface area contributed by atoms with Crippen molar-refractivity contribution in [2.24, 2.45) is 0 Å². The standard InChI is InChI=1S/C23H22ClN3OS/c1-13-7-9-16(10-8-13)20-15(3)29-23-21(20)22(28)26-19(27-23)12-25-14(2)17-5-4-6-18(24)11-17/h4-11,14,25H,12H2,1-3H3,(H,26,27,28). The average molecular weight is 424 g/mol.